The number of hydrogen-bond donors (Lipinski definition) is 1. The van der Waals surface area contributed by atoms with Crippen LogP contribution in [-0.2, 0) is 0 Å². The fraction of sp³-hybridized carbons (Fsp3) is 0.556. The van der Waals surface area contributed by atoms with Gasteiger partial charge in [0.25, 0.3) is 0 Å². The van der Waals surface area contributed by atoms with Gasteiger partial charge in [-0.25, -0.2) is 0 Å². The van der Waals surface area contributed by atoms with Gasteiger partial charge in [0.15, 0.2) is 0 Å². The van der Waals surface area contributed by atoms with Crippen LogP contribution >= 0.6 is 15.9 Å². The van der Waals surface area contributed by atoms with Gasteiger partial charge >= 0.3 is 0 Å². The average Bonchev–Trinajstić information content (AvgIpc) is 2.88. The van der Waals surface area contributed by atoms with Gasteiger partial charge in [0, 0.05) is 16.4 Å². The first-order valence-corrected chi connectivity index (χ1v) is 8.77. The molecule has 1 unspecified atom stereocenters. The Morgan fingerprint density at radius 1 is 1.24 bits per heavy atom. The van der Waals surface area contributed by atoms with E-state index in [9.17, 15) is 0 Å². The smallest absolute Gasteiger partial charge is 0.134 e. The second-order valence-electron chi connectivity index (χ2n) is 6.80. The summed E-state index contributed by atoms with van der Waals surface area (Å²) >= 11 is 3.51. The van der Waals surface area contributed by atoms with E-state index in [1.54, 1.807) is 0 Å². The van der Waals surface area contributed by atoms with Crippen LogP contribution in [0.15, 0.2) is 33.2 Å². The van der Waals surface area contributed by atoms with Crippen molar-refractivity contribution < 1.29 is 4.42 Å². The molecule has 0 spiro atoms. The molecule has 1 aliphatic rings. The fourth-order valence-electron chi connectivity index (χ4n) is 3.33. The molecule has 2 nitrogen and oxygen atoms in total. The number of nitrogens with one attached hydrogen (secondary N) is 1. The van der Waals surface area contributed by atoms with Crippen molar-refractivity contribution in [3.05, 3.63) is 34.5 Å². The SMILES string of the molecule is CC(NCC1(C)CCCCC1)c1cc2cc(Br)ccc2o1. The van der Waals surface area contributed by atoms with E-state index in [1.807, 2.05) is 12.1 Å². The molecule has 114 valence electrons. The first-order valence-electron chi connectivity index (χ1n) is 7.98. The summed E-state index contributed by atoms with van der Waals surface area (Å²) in [7, 11) is 0. The van der Waals surface area contributed by atoms with Gasteiger partial charge in [0.2, 0.25) is 0 Å². The van der Waals surface area contributed by atoms with Crippen molar-refractivity contribution in [3.63, 3.8) is 0 Å². The lowest BCUT2D eigenvalue weighted by Gasteiger charge is -2.34. The number of benzene rings is 1. The van der Waals surface area contributed by atoms with Crippen molar-refractivity contribution in [2.75, 3.05) is 6.54 Å². The maximum absolute atomic E-state index is 5.97. The van der Waals surface area contributed by atoms with E-state index in [-0.39, 0.29) is 6.04 Å². The highest BCUT2D eigenvalue weighted by Crippen LogP contribution is 2.35. The molecule has 0 amide bonds. The summed E-state index contributed by atoms with van der Waals surface area (Å²) in [6.45, 7) is 5.69. The van der Waals surface area contributed by atoms with Gasteiger partial charge in [-0.1, -0.05) is 42.1 Å². The molecule has 0 saturated heterocycles. The van der Waals surface area contributed by atoms with E-state index in [4.69, 9.17) is 4.42 Å². The van der Waals surface area contributed by atoms with Crippen molar-refractivity contribution >= 4 is 26.9 Å². The molecular formula is C18H24BrNO. The Morgan fingerprint density at radius 2 is 2.00 bits per heavy atom. The molecule has 3 heteroatoms. The largest absolute Gasteiger partial charge is 0.459 e. The minimum atomic E-state index is 0.259. The zero-order chi connectivity index (χ0) is 14.9. The molecule has 1 heterocycles. The fourth-order valence-corrected chi connectivity index (χ4v) is 3.71. The third kappa shape index (κ3) is 3.51. The Kier molecular flexibility index (Phi) is 4.41. The van der Waals surface area contributed by atoms with E-state index in [0.717, 1.165) is 27.7 Å². The van der Waals surface area contributed by atoms with Crippen molar-refractivity contribution in [1.29, 1.82) is 0 Å². The molecule has 0 bridgehead atoms. The molecule has 1 N–H and O–H groups in total. The third-order valence-corrected chi connectivity index (χ3v) is 5.31. The summed E-state index contributed by atoms with van der Waals surface area (Å²) in [5, 5.41) is 4.84. The summed E-state index contributed by atoms with van der Waals surface area (Å²) in [6.07, 6.45) is 6.86. The Bertz CT molecular complexity index is 613. The lowest BCUT2D eigenvalue weighted by molar-refractivity contribution is 0.199. The minimum absolute atomic E-state index is 0.259. The molecule has 1 saturated carbocycles. The lowest BCUT2D eigenvalue weighted by Crippen LogP contribution is -2.34. The molecule has 1 aromatic heterocycles. The van der Waals surface area contributed by atoms with E-state index >= 15 is 0 Å². The topological polar surface area (TPSA) is 25.2 Å². The van der Waals surface area contributed by atoms with Gasteiger partial charge in [-0.3, -0.25) is 0 Å². The van der Waals surface area contributed by atoms with Crippen LogP contribution in [0, 0.1) is 5.41 Å². The zero-order valence-corrected chi connectivity index (χ0v) is 14.5. The van der Waals surface area contributed by atoms with Crippen LogP contribution < -0.4 is 5.32 Å². The molecule has 3 rings (SSSR count). The van der Waals surface area contributed by atoms with Crippen LogP contribution in [0.4, 0.5) is 0 Å². The second kappa shape index (κ2) is 6.13. The maximum atomic E-state index is 5.97. The Balaban J connectivity index is 1.67. The van der Waals surface area contributed by atoms with Crippen molar-refractivity contribution in [1.82, 2.24) is 5.32 Å². The van der Waals surface area contributed by atoms with Gasteiger partial charge in [-0.2, -0.15) is 0 Å². The molecular weight excluding hydrogens is 326 g/mol. The molecule has 1 aromatic carbocycles. The minimum Gasteiger partial charge on any atom is -0.459 e. The van der Waals surface area contributed by atoms with Crippen LogP contribution in [-0.4, -0.2) is 6.54 Å². The highest BCUT2D eigenvalue weighted by atomic mass is 79.9. The number of hydrogen-bond acceptors (Lipinski definition) is 2. The van der Waals surface area contributed by atoms with Crippen molar-refractivity contribution in [3.8, 4) is 0 Å². The summed E-state index contributed by atoms with van der Waals surface area (Å²) in [5.74, 6) is 1.03. The first kappa shape index (κ1) is 15.1. The van der Waals surface area contributed by atoms with Crippen LogP contribution in [0.3, 0.4) is 0 Å². The maximum Gasteiger partial charge on any atom is 0.134 e. The molecule has 0 aliphatic heterocycles. The first-order chi connectivity index (χ1) is 10.1. The molecule has 1 aliphatic carbocycles. The van der Waals surface area contributed by atoms with Crippen LogP contribution in [0.5, 0.6) is 0 Å². The summed E-state index contributed by atoms with van der Waals surface area (Å²) in [4.78, 5) is 0. The quantitative estimate of drug-likeness (QED) is 0.752. The highest BCUT2D eigenvalue weighted by molar-refractivity contribution is 9.10. The summed E-state index contributed by atoms with van der Waals surface area (Å²) < 4.78 is 7.07. The van der Waals surface area contributed by atoms with Crippen LogP contribution in [0.25, 0.3) is 11.0 Å². The van der Waals surface area contributed by atoms with Crippen LogP contribution in [0.2, 0.25) is 0 Å². The van der Waals surface area contributed by atoms with E-state index in [0.29, 0.717) is 5.41 Å². The highest BCUT2D eigenvalue weighted by Gasteiger charge is 2.27. The van der Waals surface area contributed by atoms with E-state index < -0.39 is 0 Å². The standard InChI is InChI=1S/C18H24BrNO/c1-13(20-12-18(2)8-4-3-5-9-18)17-11-14-10-15(19)6-7-16(14)21-17/h6-7,10-11,13,20H,3-5,8-9,12H2,1-2H3. The molecule has 2 aromatic rings. The molecule has 1 atom stereocenters. The van der Waals surface area contributed by atoms with Gasteiger partial charge in [-0.15, -0.1) is 0 Å². The van der Waals surface area contributed by atoms with Gasteiger partial charge < -0.3 is 9.73 Å². The van der Waals surface area contributed by atoms with Gasteiger partial charge in [-0.05, 0) is 49.4 Å². The van der Waals surface area contributed by atoms with E-state index in [2.05, 4.69) is 47.2 Å². The third-order valence-electron chi connectivity index (χ3n) is 4.82. The Morgan fingerprint density at radius 3 is 2.76 bits per heavy atom. The monoisotopic (exact) mass is 349 g/mol. The molecule has 0 radical (unpaired) electrons. The predicted octanol–water partition coefficient (Wildman–Crippen LogP) is 5.82. The van der Waals surface area contributed by atoms with E-state index in [1.165, 1.54) is 32.1 Å². The number of fused-ring (bicyclic) bond motifs is 1. The number of halogens is 1. The number of rotatable bonds is 4. The van der Waals surface area contributed by atoms with Gasteiger partial charge in [0.05, 0.1) is 6.04 Å². The predicted molar refractivity (Wildman–Crippen MR) is 91.5 cm³/mol. The molecule has 21 heavy (non-hydrogen) atoms. The average molecular weight is 350 g/mol. The normalized spacial score (nSPS) is 19.8. The van der Waals surface area contributed by atoms with Crippen molar-refractivity contribution in [2.45, 2.75) is 52.0 Å². The zero-order valence-electron chi connectivity index (χ0n) is 12.9. The number of furan rings is 1. The van der Waals surface area contributed by atoms with Gasteiger partial charge in [0.1, 0.15) is 11.3 Å². The van der Waals surface area contributed by atoms with Crippen LogP contribution in [0.1, 0.15) is 57.8 Å². The second-order valence-corrected chi connectivity index (χ2v) is 7.72. The Hall–Kier alpha value is -0.800. The van der Waals surface area contributed by atoms with Crippen molar-refractivity contribution in [2.24, 2.45) is 5.41 Å². The molecule has 1 fully saturated rings. The summed E-state index contributed by atoms with van der Waals surface area (Å²) in [6, 6.07) is 8.57. The lowest BCUT2D eigenvalue weighted by atomic mass is 9.75. The summed E-state index contributed by atoms with van der Waals surface area (Å²) in [5.41, 5.74) is 1.42. The Labute approximate surface area is 135 Å².